The lowest BCUT2D eigenvalue weighted by atomic mass is 9.86. The molecule has 2 nitrogen and oxygen atoms in total. The van der Waals surface area contributed by atoms with Gasteiger partial charge in [-0.25, -0.2) is 0 Å². The Morgan fingerprint density at radius 3 is 2.77 bits per heavy atom. The van der Waals surface area contributed by atoms with Crippen LogP contribution in [0.3, 0.4) is 0 Å². The zero-order chi connectivity index (χ0) is 8.84. The molecule has 0 amide bonds. The number of piperidine rings is 1. The lowest BCUT2D eigenvalue weighted by Crippen LogP contribution is -2.37. The fraction of sp³-hybridized carbons (Fsp3) is 1.00. The average molecular weight is 180 g/mol. The normalized spacial score (nSPS) is 46.4. The highest BCUT2D eigenvalue weighted by Gasteiger charge is 2.45. The van der Waals surface area contributed by atoms with Crippen LogP contribution >= 0.6 is 0 Å². The number of nitrogens with one attached hydrogen (secondary N) is 1. The fourth-order valence-corrected chi connectivity index (χ4v) is 3.35. The minimum Gasteiger partial charge on any atom is -0.316 e. The van der Waals surface area contributed by atoms with Crippen LogP contribution in [0.15, 0.2) is 0 Å². The molecule has 1 saturated carbocycles. The van der Waals surface area contributed by atoms with Crippen LogP contribution in [0.25, 0.3) is 0 Å². The molecule has 1 aliphatic carbocycles. The van der Waals surface area contributed by atoms with Crippen molar-refractivity contribution in [2.45, 2.75) is 38.3 Å². The van der Waals surface area contributed by atoms with Crippen LogP contribution in [0, 0.1) is 11.8 Å². The molecule has 2 saturated heterocycles. The van der Waals surface area contributed by atoms with Gasteiger partial charge >= 0.3 is 0 Å². The maximum absolute atomic E-state index is 3.53. The molecule has 3 rings (SSSR count). The van der Waals surface area contributed by atoms with Crippen LogP contribution in [0.1, 0.15) is 26.2 Å². The van der Waals surface area contributed by atoms with E-state index in [9.17, 15) is 0 Å². The van der Waals surface area contributed by atoms with Gasteiger partial charge in [0.05, 0.1) is 0 Å². The van der Waals surface area contributed by atoms with Gasteiger partial charge in [-0.1, -0.05) is 0 Å². The molecule has 3 fully saturated rings. The number of nitrogens with zero attached hydrogens (tertiary/aromatic N) is 1. The molecule has 0 bridgehead atoms. The third-order valence-corrected chi connectivity index (χ3v) is 4.27. The first kappa shape index (κ1) is 8.25. The number of likely N-dealkylation sites (tertiary alicyclic amines) is 1. The monoisotopic (exact) mass is 180 g/mol. The number of fused-ring (bicyclic) bond motifs is 1. The van der Waals surface area contributed by atoms with Crippen LogP contribution < -0.4 is 5.32 Å². The van der Waals surface area contributed by atoms with Crippen LogP contribution in [0.2, 0.25) is 0 Å². The number of hydrogen-bond acceptors (Lipinski definition) is 2. The van der Waals surface area contributed by atoms with Crippen molar-refractivity contribution in [3.8, 4) is 0 Å². The van der Waals surface area contributed by atoms with Gasteiger partial charge in [-0.2, -0.15) is 0 Å². The van der Waals surface area contributed by atoms with Crippen LogP contribution in [-0.4, -0.2) is 36.6 Å². The molecule has 0 aromatic rings. The summed E-state index contributed by atoms with van der Waals surface area (Å²) in [6, 6.07) is 1.85. The van der Waals surface area contributed by atoms with Gasteiger partial charge in [0, 0.05) is 18.6 Å². The Bertz CT molecular complexity index is 198. The minimum atomic E-state index is 0.875. The molecule has 2 aliphatic heterocycles. The van der Waals surface area contributed by atoms with Crippen molar-refractivity contribution in [3.63, 3.8) is 0 Å². The maximum atomic E-state index is 3.53. The lowest BCUT2D eigenvalue weighted by molar-refractivity contribution is 0.223. The van der Waals surface area contributed by atoms with Gasteiger partial charge in [-0.3, -0.25) is 4.90 Å². The molecule has 3 aliphatic rings. The highest BCUT2D eigenvalue weighted by molar-refractivity contribution is 4.99. The Hall–Kier alpha value is -0.0800. The summed E-state index contributed by atoms with van der Waals surface area (Å²) in [4.78, 5) is 2.78. The predicted octanol–water partition coefficient (Wildman–Crippen LogP) is 1.08. The SMILES string of the molecule is CC1C2CCNCC2CN1C1CC1. The molecule has 2 heterocycles. The molecule has 1 N–H and O–H groups in total. The highest BCUT2D eigenvalue weighted by atomic mass is 15.2. The van der Waals surface area contributed by atoms with Crippen molar-refractivity contribution in [1.29, 1.82) is 0 Å². The second-order valence-corrected chi connectivity index (χ2v) is 5.09. The molecule has 13 heavy (non-hydrogen) atoms. The summed E-state index contributed by atoms with van der Waals surface area (Å²) in [5.74, 6) is 1.96. The van der Waals surface area contributed by atoms with Crippen molar-refractivity contribution in [3.05, 3.63) is 0 Å². The van der Waals surface area contributed by atoms with Crippen molar-refractivity contribution in [2.75, 3.05) is 19.6 Å². The van der Waals surface area contributed by atoms with Gasteiger partial charge in [0.15, 0.2) is 0 Å². The smallest absolute Gasteiger partial charge is 0.0102 e. The van der Waals surface area contributed by atoms with Crippen LogP contribution in [0.5, 0.6) is 0 Å². The van der Waals surface area contributed by atoms with Crippen molar-refractivity contribution in [2.24, 2.45) is 11.8 Å². The molecule has 3 unspecified atom stereocenters. The second kappa shape index (κ2) is 2.96. The first-order valence-electron chi connectivity index (χ1n) is 5.82. The minimum absolute atomic E-state index is 0.875. The average Bonchev–Trinajstić information content (AvgIpc) is 2.94. The molecular weight excluding hydrogens is 160 g/mol. The van der Waals surface area contributed by atoms with Crippen molar-refractivity contribution < 1.29 is 0 Å². The Labute approximate surface area is 80.7 Å². The van der Waals surface area contributed by atoms with E-state index < -0.39 is 0 Å². The summed E-state index contributed by atoms with van der Waals surface area (Å²) >= 11 is 0. The maximum Gasteiger partial charge on any atom is 0.0102 e. The van der Waals surface area contributed by atoms with Gasteiger partial charge in [0.25, 0.3) is 0 Å². The zero-order valence-electron chi connectivity index (χ0n) is 8.50. The van der Waals surface area contributed by atoms with E-state index in [1.807, 2.05) is 0 Å². The van der Waals surface area contributed by atoms with E-state index >= 15 is 0 Å². The summed E-state index contributed by atoms with van der Waals surface area (Å²) in [6.07, 6.45) is 4.35. The van der Waals surface area contributed by atoms with Gasteiger partial charge in [0.1, 0.15) is 0 Å². The molecule has 0 aromatic carbocycles. The summed E-state index contributed by atoms with van der Waals surface area (Å²) in [5, 5.41) is 3.53. The van der Waals surface area contributed by atoms with E-state index in [-0.39, 0.29) is 0 Å². The third kappa shape index (κ3) is 1.31. The van der Waals surface area contributed by atoms with E-state index in [1.165, 1.54) is 38.9 Å². The first-order chi connectivity index (χ1) is 6.36. The standard InChI is InChI=1S/C11H20N2/c1-8-11-4-5-12-6-9(11)7-13(8)10-2-3-10/h8-12H,2-7H2,1H3. The molecule has 0 radical (unpaired) electrons. The van der Waals surface area contributed by atoms with E-state index in [0.29, 0.717) is 0 Å². The number of hydrogen-bond donors (Lipinski definition) is 1. The Kier molecular flexibility index (Phi) is 1.88. The predicted molar refractivity (Wildman–Crippen MR) is 53.7 cm³/mol. The topological polar surface area (TPSA) is 15.3 Å². The van der Waals surface area contributed by atoms with E-state index in [4.69, 9.17) is 0 Å². The summed E-state index contributed by atoms with van der Waals surface area (Å²) in [7, 11) is 0. The molecule has 0 aromatic heterocycles. The third-order valence-electron chi connectivity index (χ3n) is 4.27. The molecule has 0 spiro atoms. The van der Waals surface area contributed by atoms with E-state index in [2.05, 4.69) is 17.1 Å². The second-order valence-electron chi connectivity index (χ2n) is 5.09. The van der Waals surface area contributed by atoms with Gasteiger partial charge in [-0.15, -0.1) is 0 Å². The Balaban J connectivity index is 1.73. The molecular formula is C11H20N2. The Morgan fingerprint density at radius 1 is 1.23 bits per heavy atom. The summed E-state index contributed by atoms with van der Waals surface area (Å²) < 4.78 is 0. The molecule has 2 heteroatoms. The highest BCUT2D eigenvalue weighted by Crippen LogP contribution is 2.40. The Morgan fingerprint density at radius 2 is 2.08 bits per heavy atom. The van der Waals surface area contributed by atoms with E-state index in [1.54, 1.807) is 0 Å². The summed E-state index contributed by atoms with van der Waals surface area (Å²) in [6.45, 7) is 6.36. The zero-order valence-corrected chi connectivity index (χ0v) is 8.50. The quantitative estimate of drug-likeness (QED) is 0.649. The lowest BCUT2D eigenvalue weighted by Gasteiger charge is -2.28. The van der Waals surface area contributed by atoms with Gasteiger partial charge in [0.2, 0.25) is 0 Å². The van der Waals surface area contributed by atoms with Gasteiger partial charge in [-0.05, 0) is 51.1 Å². The first-order valence-corrected chi connectivity index (χ1v) is 5.82. The van der Waals surface area contributed by atoms with Crippen molar-refractivity contribution in [1.82, 2.24) is 10.2 Å². The van der Waals surface area contributed by atoms with Crippen LogP contribution in [-0.2, 0) is 0 Å². The van der Waals surface area contributed by atoms with Crippen LogP contribution in [0.4, 0.5) is 0 Å². The van der Waals surface area contributed by atoms with Crippen molar-refractivity contribution >= 4 is 0 Å². The molecule has 74 valence electrons. The summed E-state index contributed by atoms with van der Waals surface area (Å²) in [5.41, 5.74) is 0. The largest absolute Gasteiger partial charge is 0.316 e. The number of rotatable bonds is 1. The van der Waals surface area contributed by atoms with E-state index in [0.717, 1.165) is 23.9 Å². The fourth-order valence-electron chi connectivity index (χ4n) is 3.35. The van der Waals surface area contributed by atoms with Gasteiger partial charge < -0.3 is 5.32 Å². The molecule has 3 atom stereocenters.